The molecule has 2 aromatic rings. The predicted octanol–water partition coefficient (Wildman–Crippen LogP) is 3.45. The molecule has 21 heavy (non-hydrogen) atoms. The standard InChI is InChI=1S/C15H14O5S/c1-2-19-15(18)12-6-7-20-13(12)9-21-11-5-3-4-10(8-11)14(16)17/h3-8H,2,9H2,1H3,(H,16,17). The van der Waals surface area contributed by atoms with Gasteiger partial charge in [-0.2, -0.15) is 0 Å². The van der Waals surface area contributed by atoms with Gasteiger partial charge in [0.1, 0.15) is 11.3 Å². The van der Waals surface area contributed by atoms with Gasteiger partial charge in [0.05, 0.1) is 24.2 Å². The molecular formula is C15H14O5S. The summed E-state index contributed by atoms with van der Waals surface area (Å²) in [5.74, 6) is -0.451. The smallest absolute Gasteiger partial charge is 0.341 e. The number of rotatable bonds is 6. The van der Waals surface area contributed by atoms with Crippen LogP contribution >= 0.6 is 11.8 Å². The molecule has 0 aliphatic carbocycles. The van der Waals surface area contributed by atoms with Crippen LogP contribution < -0.4 is 0 Å². The fourth-order valence-corrected chi connectivity index (χ4v) is 2.62. The summed E-state index contributed by atoms with van der Waals surface area (Å²) in [5, 5.41) is 8.95. The van der Waals surface area contributed by atoms with Crippen LogP contribution in [0.1, 0.15) is 33.4 Å². The van der Waals surface area contributed by atoms with Crippen molar-refractivity contribution in [2.45, 2.75) is 17.6 Å². The maximum atomic E-state index is 11.7. The summed E-state index contributed by atoms with van der Waals surface area (Å²) in [6.07, 6.45) is 1.44. The van der Waals surface area contributed by atoms with Crippen molar-refractivity contribution < 1.29 is 23.8 Å². The highest BCUT2D eigenvalue weighted by molar-refractivity contribution is 7.98. The lowest BCUT2D eigenvalue weighted by Gasteiger charge is -2.04. The zero-order valence-electron chi connectivity index (χ0n) is 11.4. The maximum Gasteiger partial charge on any atom is 0.341 e. The number of carboxylic acid groups (broad SMARTS) is 1. The van der Waals surface area contributed by atoms with E-state index < -0.39 is 11.9 Å². The number of thioether (sulfide) groups is 1. The van der Waals surface area contributed by atoms with Crippen LogP contribution in [0.15, 0.2) is 45.9 Å². The van der Waals surface area contributed by atoms with E-state index in [-0.39, 0.29) is 5.56 Å². The highest BCUT2D eigenvalue weighted by atomic mass is 32.2. The Bertz CT molecular complexity index is 647. The van der Waals surface area contributed by atoms with Crippen molar-refractivity contribution in [1.29, 1.82) is 0 Å². The first-order valence-corrected chi connectivity index (χ1v) is 7.30. The van der Waals surface area contributed by atoms with Crippen LogP contribution in [0.25, 0.3) is 0 Å². The van der Waals surface area contributed by atoms with Crippen molar-refractivity contribution in [3.05, 3.63) is 53.5 Å². The van der Waals surface area contributed by atoms with Gasteiger partial charge in [-0.15, -0.1) is 11.8 Å². The van der Waals surface area contributed by atoms with Crippen LogP contribution in [-0.2, 0) is 10.5 Å². The fraction of sp³-hybridized carbons (Fsp3) is 0.200. The first-order valence-electron chi connectivity index (χ1n) is 6.31. The zero-order valence-corrected chi connectivity index (χ0v) is 12.2. The SMILES string of the molecule is CCOC(=O)c1ccoc1CSc1cccc(C(=O)O)c1. The van der Waals surface area contributed by atoms with Crippen molar-refractivity contribution in [3.8, 4) is 0 Å². The monoisotopic (exact) mass is 306 g/mol. The minimum atomic E-state index is -0.970. The Balaban J connectivity index is 2.07. The Morgan fingerprint density at radius 2 is 2.14 bits per heavy atom. The topological polar surface area (TPSA) is 76.7 Å². The first-order chi connectivity index (χ1) is 10.1. The van der Waals surface area contributed by atoms with Crippen molar-refractivity contribution in [2.75, 3.05) is 6.61 Å². The number of benzene rings is 1. The number of esters is 1. The lowest BCUT2D eigenvalue weighted by atomic mass is 10.2. The van der Waals surface area contributed by atoms with Crippen LogP contribution in [0.3, 0.4) is 0 Å². The Kier molecular flexibility index (Phi) is 5.05. The molecule has 1 N–H and O–H groups in total. The van der Waals surface area contributed by atoms with E-state index in [0.29, 0.717) is 23.7 Å². The molecule has 110 valence electrons. The number of ether oxygens (including phenoxy) is 1. The van der Waals surface area contributed by atoms with Gasteiger partial charge in [-0.1, -0.05) is 6.07 Å². The number of hydrogen-bond donors (Lipinski definition) is 1. The molecule has 6 heteroatoms. The molecule has 1 aromatic heterocycles. The largest absolute Gasteiger partial charge is 0.478 e. The minimum Gasteiger partial charge on any atom is -0.478 e. The quantitative estimate of drug-likeness (QED) is 0.650. The third-order valence-corrected chi connectivity index (χ3v) is 3.69. The molecule has 0 bridgehead atoms. The number of carboxylic acids is 1. The van der Waals surface area contributed by atoms with E-state index in [1.54, 1.807) is 25.1 Å². The summed E-state index contributed by atoms with van der Waals surface area (Å²) in [6.45, 7) is 2.04. The van der Waals surface area contributed by atoms with E-state index >= 15 is 0 Å². The first kappa shape index (κ1) is 15.2. The second kappa shape index (κ2) is 6.99. The average Bonchev–Trinajstić information content (AvgIpc) is 2.94. The number of aromatic carboxylic acids is 1. The molecule has 0 aliphatic rings. The van der Waals surface area contributed by atoms with Gasteiger partial charge in [-0.05, 0) is 31.2 Å². The van der Waals surface area contributed by atoms with Gasteiger partial charge < -0.3 is 14.3 Å². The molecule has 1 aromatic carbocycles. The normalized spacial score (nSPS) is 10.3. The molecule has 0 aliphatic heterocycles. The maximum absolute atomic E-state index is 11.7. The second-order valence-corrected chi connectivity index (χ2v) is 5.15. The van der Waals surface area contributed by atoms with Crippen LogP contribution in [0.4, 0.5) is 0 Å². The lowest BCUT2D eigenvalue weighted by Crippen LogP contribution is -2.05. The van der Waals surface area contributed by atoms with E-state index in [2.05, 4.69) is 0 Å². The van der Waals surface area contributed by atoms with Gasteiger partial charge in [0.2, 0.25) is 0 Å². The molecule has 0 radical (unpaired) electrons. The van der Waals surface area contributed by atoms with E-state index in [0.717, 1.165) is 4.90 Å². The molecule has 0 unspecified atom stereocenters. The minimum absolute atomic E-state index is 0.227. The van der Waals surface area contributed by atoms with Crippen molar-refractivity contribution in [2.24, 2.45) is 0 Å². The van der Waals surface area contributed by atoms with Gasteiger partial charge in [0.15, 0.2) is 0 Å². The van der Waals surface area contributed by atoms with Gasteiger partial charge in [0, 0.05) is 4.90 Å². The average molecular weight is 306 g/mol. The molecule has 2 rings (SSSR count). The molecule has 0 atom stereocenters. The summed E-state index contributed by atoms with van der Waals surface area (Å²) >= 11 is 1.39. The van der Waals surface area contributed by atoms with Crippen molar-refractivity contribution >= 4 is 23.7 Å². The van der Waals surface area contributed by atoms with E-state index in [4.69, 9.17) is 14.3 Å². The third-order valence-electron chi connectivity index (χ3n) is 2.69. The predicted molar refractivity (Wildman–Crippen MR) is 77.6 cm³/mol. The van der Waals surface area contributed by atoms with E-state index in [1.807, 2.05) is 6.07 Å². The third kappa shape index (κ3) is 3.88. The summed E-state index contributed by atoms with van der Waals surface area (Å²) < 4.78 is 10.2. The van der Waals surface area contributed by atoms with Crippen molar-refractivity contribution in [3.63, 3.8) is 0 Å². The summed E-state index contributed by atoms with van der Waals surface area (Å²) in [4.78, 5) is 23.4. The molecule has 0 fully saturated rings. The molecular weight excluding hydrogens is 292 g/mol. The van der Waals surface area contributed by atoms with Crippen LogP contribution in [0.2, 0.25) is 0 Å². The highest BCUT2D eigenvalue weighted by Gasteiger charge is 2.16. The number of carbonyl (C=O) groups is 2. The zero-order chi connectivity index (χ0) is 15.2. The van der Waals surface area contributed by atoms with Crippen LogP contribution in [0.5, 0.6) is 0 Å². The second-order valence-electron chi connectivity index (χ2n) is 4.10. The Morgan fingerprint density at radius 3 is 2.86 bits per heavy atom. The van der Waals surface area contributed by atoms with E-state index in [9.17, 15) is 9.59 Å². The number of furan rings is 1. The van der Waals surface area contributed by atoms with Crippen molar-refractivity contribution in [1.82, 2.24) is 0 Å². The van der Waals surface area contributed by atoms with Gasteiger partial charge in [0.25, 0.3) is 0 Å². The van der Waals surface area contributed by atoms with Crippen LogP contribution in [0, 0.1) is 0 Å². The molecule has 0 saturated carbocycles. The Hall–Kier alpha value is -2.21. The molecule has 0 saturated heterocycles. The van der Waals surface area contributed by atoms with Gasteiger partial charge >= 0.3 is 11.9 Å². The van der Waals surface area contributed by atoms with E-state index in [1.165, 1.54) is 24.1 Å². The highest BCUT2D eigenvalue weighted by Crippen LogP contribution is 2.26. The summed E-state index contributed by atoms with van der Waals surface area (Å²) in [6, 6.07) is 8.18. The fourth-order valence-electron chi connectivity index (χ4n) is 1.71. The molecule has 0 spiro atoms. The summed E-state index contributed by atoms with van der Waals surface area (Å²) in [7, 11) is 0. The lowest BCUT2D eigenvalue weighted by molar-refractivity contribution is 0.0523. The Labute approximate surface area is 125 Å². The summed E-state index contributed by atoms with van der Waals surface area (Å²) in [5.41, 5.74) is 0.629. The molecule has 0 amide bonds. The van der Waals surface area contributed by atoms with Gasteiger partial charge in [-0.3, -0.25) is 0 Å². The number of hydrogen-bond acceptors (Lipinski definition) is 5. The Morgan fingerprint density at radius 1 is 1.33 bits per heavy atom. The number of carbonyl (C=O) groups excluding carboxylic acids is 1. The van der Waals surface area contributed by atoms with Crippen LogP contribution in [-0.4, -0.2) is 23.7 Å². The molecule has 5 nitrogen and oxygen atoms in total. The molecule has 1 heterocycles. The van der Waals surface area contributed by atoms with Gasteiger partial charge in [-0.25, -0.2) is 9.59 Å².